The summed E-state index contributed by atoms with van der Waals surface area (Å²) in [6.45, 7) is 1.64. The van der Waals surface area contributed by atoms with Crippen LogP contribution in [0.5, 0.6) is 0 Å². The zero-order chi connectivity index (χ0) is 13.2. The van der Waals surface area contributed by atoms with E-state index in [1.54, 1.807) is 6.33 Å². The molecule has 1 aliphatic heterocycles. The molecule has 6 nitrogen and oxygen atoms in total. The van der Waals surface area contributed by atoms with Gasteiger partial charge in [0.2, 0.25) is 0 Å². The zero-order valence-electron chi connectivity index (χ0n) is 10.9. The number of aryl methyl sites for hydroxylation is 1. The Hall–Kier alpha value is -0.950. The second-order valence-corrected chi connectivity index (χ2v) is 7.38. The van der Waals surface area contributed by atoms with E-state index in [1.165, 1.54) is 0 Å². The van der Waals surface area contributed by atoms with Crippen molar-refractivity contribution < 1.29 is 8.42 Å². The molecular formula is C11H20N4O2S. The lowest BCUT2D eigenvalue weighted by molar-refractivity contribution is 0.290. The molecule has 1 unspecified atom stereocenters. The molecule has 0 bridgehead atoms. The third kappa shape index (κ3) is 3.52. The Bertz CT molecular complexity index is 497. The average Bonchev–Trinajstić information content (AvgIpc) is 2.83. The molecule has 0 aliphatic carbocycles. The largest absolute Gasteiger partial charge is 0.320 e. The van der Waals surface area contributed by atoms with E-state index in [4.69, 9.17) is 0 Å². The fraction of sp³-hybridized carbons (Fsp3) is 0.818. The van der Waals surface area contributed by atoms with Gasteiger partial charge in [0.15, 0.2) is 9.84 Å². The van der Waals surface area contributed by atoms with Crippen LogP contribution in [0, 0.1) is 5.92 Å². The summed E-state index contributed by atoms with van der Waals surface area (Å²) < 4.78 is 24.6. The summed E-state index contributed by atoms with van der Waals surface area (Å²) in [6, 6.07) is 0. The van der Waals surface area contributed by atoms with E-state index in [9.17, 15) is 8.42 Å². The lowest BCUT2D eigenvalue weighted by atomic mass is 10.1. The maximum atomic E-state index is 11.4. The smallest absolute Gasteiger partial charge is 0.150 e. The van der Waals surface area contributed by atoms with Gasteiger partial charge in [0.1, 0.15) is 12.2 Å². The molecule has 0 aromatic carbocycles. The van der Waals surface area contributed by atoms with E-state index >= 15 is 0 Å². The quantitative estimate of drug-likeness (QED) is 0.759. The molecule has 7 heteroatoms. The van der Waals surface area contributed by atoms with E-state index < -0.39 is 9.84 Å². The minimum absolute atomic E-state index is 0.331. The van der Waals surface area contributed by atoms with Crippen LogP contribution in [0.4, 0.5) is 0 Å². The molecule has 0 saturated carbocycles. The second kappa shape index (κ2) is 5.36. The van der Waals surface area contributed by atoms with Crippen LogP contribution in [-0.4, -0.2) is 53.2 Å². The Kier molecular flexibility index (Phi) is 4.01. The Morgan fingerprint density at radius 3 is 2.89 bits per heavy atom. The van der Waals surface area contributed by atoms with Crippen LogP contribution in [0.25, 0.3) is 0 Å². The first-order valence-electron chi connectivity index (χ1n) is 6.18. The number of hydrogen-bond donors (Lipinski definition) is 0. The van der Waals surface area contributed by atoms with E-state index in [0.717, 1.165) is 31.8 Å². The molecule has 0 radical (unpaired) electrons. The van der Waals surface area contributed by atoms with E-state index in [-0.39, 0.29) is 0 Å². The SMILES string of the molecule is CN(CCC1CCS(=O)(=O)C1)Cc1nncn1C. The number of hydrogen-bond acceptors (Lipinski definition) is 5. The van der Waals surface area contributed by atoms with Gasteiger partial charge in [-0.1, -0.05) is 0 Å². The first kappa shape index (κ1) is 13.5. The molecule has 1 aromatic rings. The van der Waals surface area contributed by atoms with E-state index in [2.05, 4.69) is 15.1 Å². The summed E-state index contributed by atoms with van der Waals surface area (Å²) in [4.78, 5) is 2.16. The predicted molar refractivity (Wildman–Crippen MR) is 68.7 cm³/mol. The van der Waals surface area contributed by atoms with Crippen LogP contribution in [0.15, 0.2) is 6.33 Å². The summed E-state index contributed by atoms with van der Waals surface area (Å²) in [7, 11) is 1.20. The van der Waals surface area contributed by atoms with Crippen molar-refractivity contribution in [1.82, 2.24) is 19.7 Å². The maximum Gasteiger partial charge on any atom is 0.150 e. The third-order valence-electron chi connectivity index (χ3n) is 3.46. The van der Waals surface area contributed by atoms with Gasteiger partial charge in [-0.05, 0) is 32.4 Å². The summed E-state index contributed by atoms with van der Waals surface area (Å²) in [5, 5.41) is 7.87. The normalized spacial score (nSPS) is 22.7. The van der Waals surface area contributed by atoms with Crippen LogP contribution < -0.4 is 0 Å². The van der Waals surface area contributed by atoms with Gasteiger partial charge in [0, 0.05) is 7.05 Å². The van der Waals surface area contributed by atoms with Gasteiger partial charge < -0.3 is 4.57 Å². The third-order valence-corrected chi connectivity index (χ3v) is 5.30. The van der Waals surface area contributed by atoms with Crippen molar-refractivity contribution in [2.24, 2.45) is 13.0 Å². The second-order valence-electron chi connectivity index (χ2n) is 5.15. The van der Waals surface area contributed by atoms with Gasteiger partial charge in [0.25, 0.3) is 0 Å². The van der Waals surface area contributed by atoms with Crippen molar-refractivity contribution in [3.8, 4) is 0 Å². The topological polar surface area (TPSA) is 68.1 Å². The Morgan fingerprint density at radius 2 is 2.33 bits per heavy atom. The Labute approximate surface area is 108 Å². The summed E-state index contributed by atoms with van der Waals surface area (Å²) in [5.41, 5.74) is 0. The molecule has 102 valence electrons. The molecule has 1 aliphatic rings. The first-order valence-corrected chi connectivity index (χ1v) is 8.00. The van der Waals surface area contributed by atoms with Crippen molar-refractivity contribution in [3.63, 3.8) is 0 Å². The number of aromatic nitrogens is 3. The summed E-state index contributed by atoms with van der Waals surface area (Å²) in [5.74, 6) is 1.99. The molecule has 1 fully saturated rings. The van der Waals surface area contributed by atoms with E-state index in [1.807, 2.05) is 18.7 Å². The van der Waals surface area contributed by atoms with E-state index in [0.29, 0.717) is 17.4 Å². The molecule has 2 rings (SSSR count). The van der Waals surface area contributed by atoms with Gasteiger partial charge in [-0.2, -0.15) is 0 Å². The minimum Gasteiger partial charge on any atom is -0.320 e. The molecular weight excluding hydrogens is 252 g/mol. The van der Waals surface area contributed by atoms with Crippen LogP contribution in [0.1, 0.15) is 18.7 Å². The molecule has 18 heavy (non-hydrogen) atoms. The highest BCUT2D eigenvalue weighted by atomic mass is 32.2. The molecule has 1 saturated heterocycles. The summed E-state index contributed by atoms with van der Waals surface area (Å²) in [6.07, 6.45) is 3.44. The van der Waals surface area contributed by atoms with Crippen molar-refractivity contribution in [3.05, 3.63) is 12.2 Å². The van der Waals surface area contributed by atoms with Crippen molar-refractivity contribution >= 4 is 9.84 Å². The highest BCUT2D eigenvalue weighted by Crippen LogP contribution is 2.21. The minimum atomic E-state index is -2.74. The number of rotatable bonds is 5. The van der Waals surface area contributed by atoms with Crippen molar-refractivity contribution in [1.29, 1.82) is 0 Å². The highest BCUT2D eigenvalue weighted by Gasteiger charge is 2.27. The standard InChI is InChI=1S/C11H20N4O2S/c1-14(7-11-13-12-9-15(11)2)5-3-10-4-6-18(16,17)8-10/h9-10H,3-8H2,1-2H3. The lowest BCUT2D eigenvalue weighted by Crippen LogP contribution is -2.23. The van der Waals surface area contributed by atoms with Gasteiger partial charge in [0.05, 0.1) is 18.1 Å². The fourth-order valence-electron chi connectivity index (χ4n) is 2.27. The highest BCUT2D eigenvalue weighted by molar-refractivity contribution is 7.91. The molecule has 1 atom stereocenters. The molecule has 1 aromatic heterocycles. The predicted octanol–water partition coefficient (Wildman–Crippen LogP) is 0.0717. The van der Waals surface area contributed by atoms with Gasteiger partial charge in [-0.15, -0.1) is 10.2 Å². The molecule has 2 heterocycles. The van der Waals surface area contributed by atoms with Crippen LogP contribution in [-0.2, 0) is 23.4 Å². The van der Waals surface area contributed by atoms with Crippen molar-refractivity contribution in [2.45, 2.75) is 19.4 Å². The lowest BCUT2D eigenvalue weighted by Gasteiger charge is -2.17. The van der Waals surface area contributed by atoms with Crippen LogP contribution in [0.3, 0.4) is 0 Å². The monoisotopic (exact) mass is 272 g/mol. The van der Waals surface area contributed by atoms with Crippen LogP contribution >= 0.6 is 0 Å². The van der Waals surface area contributed by atoms with Gasteiger partial charge in [-0.3, -0.25) is 4.90 Å². The maximum absolute atomic E-state index is 11.4. The van der Waals surface area contributed by atoms with Gasteiger partial charge in [-0.25, -0.2) is 8.42 Å². The zero-order valence-corrected chi connectivity index (χ0v) is 11.7. The first-order chi connectivity index (χ1) is 8.46. The van der Waals surface area contributed by atoms with Gasteiger partial charge >= 0.3 is 0 Å². The molecule has 0 spiro atoms. The number of nitrogens with zero attached hydrogens (tertiary/aromatic N) is 4. The molecule has 0 amide bonds. The Balaban J connectivity index is 1.76. The van der Waals surface area contributed by atoms with Crippen molar-refractivity contribution in [2.75, 3.05) is 25.1 Å². The summed E-state index contributed by atoms with van der Waals surface area (Å²) >= 11 is 0. The Morgan fingerprint density at radius 1 is 1.56 bits per heavy atom. The average molecular weight is 272 g/mol. The fourth-order valence-corrected chi connectivity index (χ4v) is 4.18. The van der Waals surface area contributed by atoms with Crippen LogP contribution in [0.2, 0.25) is 0 Å². The number of sulfone groups is 1. The molecule has 0 N–H and O–H groups in total.